The van der Waals surface area contributed by atoms with Gasteiger partial charge in [0.25, 0.3) is 0 Å². The molecule has 0 aromatic heterocycles. The molecule has 0 saturated heterocycles. The fourth-order valence-electron chi connectivity index (χ4n) is 4.19. The smallest absolute Gasteiger partial charge is 0.122 e. The molecule has 21 heavy (non-hydrogen) atoms. The maximum absolute atomic E-state index is 10.9. The van der Waals surface area contributed by atoms with Crippen molar-refractivity contribution in [2.24, 2.45) is 17.3 Å². The number of fused-ring (bicyclic) bond motifs is 2. The molecule has 4 unspecified atom stereocenters. The van der Waals surface area contributed by atoms with Gasteiger partial charge in [0.15, 0.2) is 0 Å². The Kier molecular flexibility index (Phi) is 3.54. The number of rotatable bonds is 4. The lowest BCUT2D eigenvalue weighted by molar-refractivity contribution is 0.0230. The van der Waals surface area contributed by atoms with Crippen molar-refractivity contribution in [3.63, 3.8) is 0 Å². The average Bonchev–Trinajstić information content (AvgIpc) is 3.14. The third-order valence-corrected chi connectivity index (χ3v) is 5.28. The van der Waals surface area contributed by atoms with Gasteiger partial charge in [-0.15, -0.1) is 0 Å². The van der Waals surface area contributed by atoms with Crippen LogP contribution in [-0.2, 0) is 0 Å². The lowest BCUT2D eigenvalue weighted by atomic mass is 9.68. The average molecular weight is 287 g/mol. The molecule has 4 nitrogen and oxygen atoms in total. The van der Waals surface area contributed by atoms with Gasteiger partial charge in [-0.2, -0.15) is 5.26 Å². The molecule has 0 spiro atoms. The number of aliphatic hydroxyl groups is 1. The third kappa shape index (κ3) is 2.16. The Morgan fingerprint density at radius 3 is 2.33 bits per heavy atom. The monoisotopic (exact) mass is 287 g/mol. The van der Waals surface area contributed by atoms with Gasteiger partial charge in [-0.1, -0.05) is 6.42 Å². The van der Waals surface area contributed by atoms with E-state index in [0.717, 1.165) is 19.3 Å². The second-order valence-electron chi connectivity index (χ2n) is 6.28. The van der Waals surface area contributed by atoms with E-state index in [0.29, 0.717) is 28.9 Å². The van der Waals surface area contributed by atoms with Crippen molar-refractivity contribution in [2.75, 3.05) is 14.2 Å². The van der Waals surface area contributed by atoms with E-state index < -0.39 is 11.5 Å². The zero-order chi connectivity index (χ0) is 15.0. The number of hydrogen-bond donors (Lipinski definition) is 1. The van der Waals surface area contributed by atoms with Gasteiger partial charge < -0.3 is 14.6 Å². The largest absolute Gasteiger partial charge is 0.497 e. The van der Waals surface area contributed by atoms with E-state index in [1.54, 1.807) is 32.4 Å². The number of hydrogen-bond acceptors (Lipinski definition) is 4. The molecule has 2 saturated carbocycles. The SMILES string of the molecule is COc1cc(OC)cc(C(O)C2(C#N)CC3CCC2C3)c1. The van der Waals surface area contributed by atoms with Crippen LogP contribution in [0.1, 0.15) is 37.4 Å². The van der Waals surface area contributed by atoms with Gasteiger partial charge in [0.2, 0.25) is 0 Å². The molecule has 1 aromatic rings. The summed E-state index contributed by atoms with van der Waals surface area (Å²) in [5.41, 5.74) is 0.0561. The molecule has 2 aliphatic carbocycles. The topological polar surface area (TPSA) is 62.5 Å². The quantitative estimate of drug-likeness (QED) is 0.924. The normalized spacial score (nSPS) is 31.7. The number of nitrogens with zero attached hydrogens (tertiary/aromatic N) is 1. The Labute approximate surface area is 125 Å². The standard InChI is InChI=1S/C17H21NO3/c1-20-14-6-12(7-15(8-14)21-2)16(19)17(10-18)9-11-3-4-13(17)5-11/h6-8,11,13,16,19H,3-5,9H2,1-2H3. The van der Waals surface area contributed by atoms with E-state index in [9.17, 15) is 10.4 Å². The van der Waals surface area contributed by atoms with Gasteiger partial charge in [-0.05, 0) is 48.8 Å². The highest BCUT2D eigenvalue weighted by Crippen LogP contribution is 2.60. The first-order chi connectivity index (χ1) is 10.1. The predicted octanol–water partition coefficient (Wildman–Crippen LogP) is 3.07. The molecule has 2 bridgehead atoms. The number of methoxy groups -OCH3 is 2. The predicted molar refractivity (Wildman–Crippen MR) is 78.0 cm³/mol. The van der Waals surface area contributed by atoms with Crippen LogP contribution in [0.15, 0.2) is 18.2 Å². The van der Waals surface area contributed by atoms with Crippen molar-refractivity contribution in [3.8, 4) is 17.6 Å². The fraction of sp³-hybridized carbons (Fsp3) is 0.588. The van der Waals surface area contributed by atoms with Gasteiger partial charge in [-0.25, -0.2) is 0 Å². The van der Waals surface area contributed by atoms with Crippen LogP contribution in [0.2, 0.25) is 0 Å². The summed E-state index contributed by atoms with van der Waals surface area (Å²) >= 11 is 0. The van der Waals surface area contributed by atoms with Crippen molar-refractivity contribution in [1.29, 1.82) is 5.26 Å². The maximum atomic E-state index is 10.9. The first-order valence-corrected chi connectivity index (χ1v) is 7.45. The zero-order valence-corrected chi connectivity index (χ0v) is 12.5. The molecule has 4 heteroatoms. The fourth-order valence-corrected chi connectivity index (χ4v) is 4.19. The van der Waals surface area contributed by atoms with Gasteiger partial charge in [0, 0.05) is 6.07 Å². The number of ether oxygens (including phenoxy) is 2. The third-order valence-electron chi connectivity index (χ3n) is 5.28. The first kappa shape index (κ1) is 14.2. The molecule has 2 aliphatic rings. The summed E-state index contributed by atoms with van der Waals surface area (Å²) in [6.07, 6.45) is 3.33. The molecule has 0 aliphatic heterocycles. The van der Waals surface area contributed by atoms with Crippen molar-refractivity contribution < 1.29 is 14.6 Å². The van der Waals surface area contributed by atoms with E-state index in [1.807, 2.05) is 0 Å². The first-order valence-electron chi connectivity index (χ1n) is 7.45. The highest BCUT2D eigenvalue weighted by atomic mass is 16.5. The number of benzene rings is 1. The summed E-state index contributed by atoms with van der Waals surface area (Å²) in [7, 11) is 3.17. The lowest BCUT2D eigenvalue weighted by Crippen LogP contribution is -2.33. The highest BCUT2D eigenvalue weighted by Gasteiger charge is 2.55. The summed E-state index contributed by atoms with van der Waals surface area (Å²) in [6, 6.07) is 7.83. The summed E-state index contributed by atoms with van der Waals surface area (Å²) in [5.74, 6) is 2.18. The second kappa shape index (κ2) is 5.23. The van der Waals surface area contributed by atoms with Crippen LogP contribution in [0.3, 0.4) is 0 Å². The molecule has 2 fully saturated rings. The zero-order valence-electron chi connectivity index (χ0n) is 12.5. The van der Waals surface area contributed by atoms with Crippen LogP contribution in [0.4, 0.5) is 0 Å². The van der Waals surface area contributed by atoms with Crippen LogP contribution in [0, 0.1) is 28.6 Å². The second-order valence-corrected chi connectivity index (χ2v) is 6.28. The van der Waals surface area contributed by atoms with Crippen LogP contribution in [0.25, 0.3) is 0 Å². The molecule has 3 rings (SSSR count). The van der Waals surface area contributed by atoms with Gasteiger partial charge in [0.05, 0.1) is 31.8 Å². The van der Waals surface area contributed by atoms with E-state index in [-0.39, 0.29) is 0 Å². The molecule has 0 heterocycles. The Hall–Kier alpha value is -1.73. The van der Waals surface area contributed by atoms with Gasteiger partial charge >= 0.3 is 0 Å². The molecule has 1 aromatic carbocycles. The number of aliphatic hydroxyl groups excluding tert-OH is 1. The minimum absolute atomic E-state index is 0.305. The highest BCUT2D eigenvalue weighted by molar-refractivity contribution is 5.41. The molecule has 0 radical (unpaired) electrons. The van der Waals surface area contributed by atoms with E-state index in [2.05, 4.69) is 6.07 Å². The van der Waals surface area contributed by atoms with Crippen molar-refractivity contribution in [1.82, 2.24) is 0 Å². The summed E-state index contributed by atoms with van der Waals surface area (Å²) in [6.45, 7) is 0. The molecular weight excluding hydrogens is 266 g/mol. The minimum Gasteiger partial charge on any atom is -0.497 e. The summed E-state index contributed by atoms with van der Waals surface area (Å²) < 4.78 is 10.5. The van der Waals surface area contributed by atoms with E-state index in [1.165, 1.54) is 6.42 Å². The molecule has 1 N–H and O–H groups in total. The number of nitriles is 1. The van der Waals surface area contributed by atoms with Gasteiger partial charge in [0.1, 0.15) is 11.5 Å². The van der Waals surface area contributed by atoms with Crippen molar-refractivity contribution in [3.05, 3.63) is 23.8 Å². The van der Waals surface area contributed by atoms with Crippen LogP contribution in [-0.4, -0.2) is 19.3 Å². The van der Waals surface area contributed by atoms with Gasteiger partial charge in [-0.3, -0.25) is 0 Å². The molecule has 4 atom stereocenters. The van der Waals surface area contributed by atoms with Crippen molar-refractivity contribution in [2.45, 2.75) is 31.8 Å². The maximum Gasteiger partial charge on any atom is 0.122 e. The van der Waals surface area contributed by atoms with Crippen LogP contribution in [0.5, 0.6) is 11.5 Å². The minimum atomic E-state index is -0.790. The molecule has 0 amide bonds. The van der Waals surface area contributed by atoms with E-state index >= 15 is 0 Å². The van der Waals surface area contributed by atoms with Crippen molar-refractivity contribution >= 4 is 0 Å². The Morgan fingerprint density at radius 2 is 1.90 bits per heavy atom. The van der Waals surface area contributed by atoms with Crippen LogP contribution < -0.4 is 9.47 Å². The van der Waals surface area contributed by atoms with E-state index in [4.69, 9.17) is 9.47 Å². The summed E-state index contributed by atoms with van der Waals surface area (Å²) in [5, 5.41) is 20.7. The molecule has 112 valence electrons. The Bertz CT molecular complexity index is 558. The van der Waals surface area contributed by atoms with Crippen LogP contribution >= 0.6 is 0 Å². The lowest BCUT2D eigenvalue weighted by Gasteiger charge is -2.35. The molecular formula is C17H21NO3. The Balaban J connectivity index is 1.98. The summed E-state index contributed by atoms with van der Waals surface area (Å²) in [4.78, 5) is 0. The Morgan fingerprint density at radius 1 is 1.24 bits per heavy atom.